The Labute approximate surface area is 641 Å². The Bertz CT molecular complexity index is 4840. The molecule has 34 heteroatoms. The van der Waals surface area contributed by atoms with E-state index in [1.54, 1.807) is 0 Å². The fraction of sp³-hybridized carbons (Fsp3) is 0.338. The smallest absolute Gasteiger partial charge is 0.335 e. The molecule has 0 radical (unpaired) electrons. The Hall–Kier alpha value is -11.7. The van der Waals surface area contributed by atoms with Crippen LogP contribution in [0.5, 0.6) is 69.0 Å². The summed E-state index contributed by atoms with van der Waals surface area (Å²) in [6.07, 6.45) is -5.82. The van der Waals surface area contributed by atoms with E-state index < -0.39 is 222 Å². The van der Waals surface area contributed by atoms with Crippen LogP contribution < -0.4 is 61.5 Å². The summed E-state index contributed by atoms with van der Waals surface area (Å²) in [4.78, 5) is 134. The molecule has 14 rings (SSSR count). The number of carboxylic acid groups (broad SMARTS) is 2. The third-order valence-corrected chi connectivity index (χ3v) is 20.3. The molecule has 1 saturated heterocycles. The van der Waals surface area contributed by atoms with Crippen molar-refractivity contribution in [2.75, 3.05) is 7.05 Å². The van der Waals surface area contributed by atoms with Crippen LogP contribution in [0.1, 0.15) is 140 Å². The molecule has 1 fully saturated rings. The monoisotopic (exact) mass is 1570 g/mol. The molecule has 0 unspecified atom stereocenters. The Morgan fingerprint density at radius 3 is 1.87 bits per heavy atom. The summed E-state index contributed by atoms with van der Waals surface area (Å²) in [6, 6.07) is 5.63. The van der Waals surface area contributed by atoms with E-state index in [0.29, 0.717) is 24.3 Å². The van der Waals surface area contributed by atoms with E-state index in [9.17, 15) is 75.0 Å². The molecule has 13 atom stereocenters. The number of aliphatic hydroxyl groups is 3. The van der Waals surface area contributed by atoms with Gasteiger partial charge in [0.05, 0.1) is 10.0 Å². The van der Waals surface area contributed by atoms with Crippen LogP contribution in [0.4, 0.5) is 0 Å². The third-order valence-electron chi connectivity index (χ3n) is 19.6. The van der Waals surface area contributed by atoms with Gasteiger partial charge in [-0.25, -0.2) is 9.59 Å². The summed E-state index contributed by atoms with van der Waals surface area (Å²) in [5, 5.41) is 134. The summed E-state index contributed by atoms with van der Waals surface area (Å²) < 4.78 is 32.1. The summed E-state index contributed by atoms with van der Waals surface area (Å²) >= 11 is 14.1. The maximum atomic E-state index is 16.4. The SMILES string of the molecule is CN[C@H]1C(=O)N[C@@H]2Cc3ccc(cc3)Oc3cc4cc(c3O[C@@H]3O[C@H](C(=O)O)[C@@H](O)[C@H](O)[C@H]3NC(=O)CCCCCCCCC(C)C)Oc3ccc(cc3Cl)[C@@H](O)[C@@H]3NC(=O)[C@H](NC(=O)[C@@H]4NC(=O)[C@@H](NC2=O)c2cc(cc(O)c2Cl)Oc2cc1ccc2O)c1ccc(O)c(c1)-c1c(O)cc(O)cc1[C@H](C(=O)O)NC3=O. The number of nitrogens with one attached hydrogen (secondary N) is 8. The molecule has 111 heavy (non-hydrogen) atoms. The van der Waals surface area contributed by atoms with Crippen molar-refractivity contribution in [3.63, 3.8) is 0 Å². The standard InChI is InChI=1S/C77H78Cl2N8O24/c1-32(2)10-8-6-4-5-7-9-11-54(93)82-63-65(95)66(96)68(76(105)106)111-77(63)110-67-52-26-37-27-53(67)109-50-21-16-36(24-44(50)78)64(94)62-74(102)86-61(75(103)104)42-28-38(88)29-48(91)55(42)41-23-34(14-19-46(41)89)58(71(99)87-62)83-72(100)59(37)84-73(101)60-43-30-40(31-49(92)56(43)79)108-51-25-35(15-20-47(51)90)57(80-3)70(98)81-45(69(97)85-60)22-33-12-17-39(107-52)18-13-33/h12-21,23-32,45,57-66,68,77,80,88-92,94-96H,4-11,22H2,1-3H3,(H,81,98)(H,82,93)(H,83,100)(H,84,101)(H,85,97)(H,86,102)(H,87,99)(H,103,104)(H,105,106)/t45-,57-,58-,59-,60+,61-,62+,63-,64-,65-,66+,68+,77-/m1/s1. The average molecular weight is 1570 g/mol. The van der Waals surface area contributed by atoms with E-state index in [1.165, 1.54) is 49.5 Å². The van der Waals surface area contributed by atoms with E-state index in [2.05, 4.69) is 56.4 Å². The lowest BCUT2D eigenvalue weighted by atomic mass is 9.89. The van der Waals surface area contributed by atoms with Crippen LogP contribution >= 0.6 is 23.2 Å². The number of carbonyl (C=O) groups is 9. The normalized spacial score (nSPS) is 23.8. The van der Waals surface area contributed by atoms with E-state index in [-0.39, 0.29) is 46.8 Å². The number of hydrogen-bond acceptors (Lipinski definition) is 23. The molecule has 584 valence electrons. The van der Waals surface area contributed by atoms with Gasteiger partial charge in [0.25, 0.3) is 0 Å². The molecule has 17 bridgehead atoms. The Morgan fingerprint density at radius 2 is 1.18 bits per heavy atom. The van der Waals surface area contributed by atoms with Gasteiger partial charge in [-0.2, -0.15) is 0 Å². The highest BCUT2D eigenvalue weighted by Crippen LogP contribution is 2.50. The van der Waals surface area contributed by atoms with Crippen molar-refractivity contribution in [1.29, 1.82) is 0 Å². The second-order valence-electron chi connectivity index (χ2n) is 27.8. The minimum absolute atomic E-state index is 0.117. The quantitative estimate of drug-likeness (QED) is 0.0474. The van der Waals surface area contributed by atoms with Gasteiger partial charge in [-0.3, -0.25) is 33.6 Å². The van der Waals surface area contributed by atoms with Crippen LogP contribution in [0.2, 0.25) is 10.0 Å². The average Bonchev–Trinajstić information content (AvgIpc) is 0.754. The van der Waals surface area contributed by atoms with E-state index in [0.717, 1.165) is 105 Å². The molecule has 7 heterocycles. The zero-order valence-corrected chi connectivity index (χ0v) is 60.9. The van der Waals surface area contributed by atoms with Gasteiger partial charge in [-0.1, -0.05) is 106 Å². The van der Waals surface area contributed by atoms with Crippen LogP contribution in [0, 0.1) is 5.92 Å². The number of carbonyl (C=O) groups excluding carboxylic acids is 7. The molecule has 32 nitrogen and oxygen atoms in total. The molecule has 7 aromatic rings. The second-order valence-corrected chi connectivity index (χ2v) is 28.6. The van der Waals surface area contributed by atoms with Gasteiger partial charge in [0.2, 0.25) is 53.4 Å². The van der Waals surface area contributed by atoms with Gasteiger partial charge in [0, 0.05) is 47.2 Å². The number of fused-ring (bicyclic) bond motifs is 14. The number of aliphatic carboxylic acids is 2. The minimum atomic E-state index is -2.38. The molecule has 0 aromatic heterocycles. The number of aromatic hydroxyl groups is 5. The molecule has 18 N–H and O–H groups in total. The summed E-state index contributed by atoms with van der Waals surface area (Å²) in [5.41, 5.74) is -2.67. The highest BCUT2D eigenvalue weighted by atomic mass is 35.5. The Kier molecular flexibility index (Phi) is 23.7. The van der Waals surface area contributed by atoms with E-state index in [4.69, 9.17) is 46.9 Å². The first-order valence-electron chi connectivity index (χ1n) is 35.4. The summed E-state index contributed by atoms with van der Waals surface area (Å²) in [5.74, 6) is -18.1. The second kappa shape index (κ2) is 33.3. The molecule has 7 amide bonds. The molecule has 0 saturated carbocycles. The number of halogens is 2. The fourth-order valence-electron chi connectivity index (χ4n) is 13.8. The molecule has 0 aliphatic carbocycles. The Balaban J connectivity index is 1.09. The van der Waals surface area contributed by atoms with Crippen molar-refractivity contribution in [3.05, 3.63) is 164 Å². The number of hydrogen-bond donors (Lipinski definition) is 18. The predicted octanol–water partition coefficient (Wildman–Crippen LogP) is 6.71. The van der Waals surface area contributed by atoms with Crippen molar-refractivity contribution >= 4 is 76.5 Å². The number of rotatable bonds is 15. The van der Waals surface area contributed by atoms with E-state index in [1.807, 2.05) is 0 Å². The number of phenols is 5. The van der Waals surface area contributed by atoms with Crippen molar-refractivity contribution in [1.82, 2.24) is 42.5 Å². The van der Waals surface area contributed by atoms with Crippen molar-refractivity contribution in [3.8, 4) is 80.1 Å². The van der Waals surface area contributed by atoms with Gasteiger partial charge in [-0.15, -0.1) is 0 Å². The van der Waals surface area contributed by atoms with Crippen molar-refractivity contribution < 1.29 is 118 Å². The lowest BCUT2D eigenvalue weighted by Gasteiger charge is -2.41. The zero-order valence-electron chi connectivity index (χ0n) is 59.4. The molecule has 7 aliphatic rings. The van der Waals surface area contributed by atoms with Gasteiger partial charge >= 0.3 is 11.9 Å². The highest BCUT2D eigenvalue weighted by Gasteiger charge is 2.51. The third kappa shape index (κ3) is 17.2. The molecular formula is C77H78Cl2N8O24. The fourth-order valence-corrected chi connectivity index (χ4v) is 14.3. The number of unbranched alkanes of at least 4 members (excludes halogenated alkanes) is 5. The first kappa shape index (κ1) is 78.9. The van der Waals surface area contributed by atoms with Crippen LogP contribution in [0.3, 0.4) is 0 Å². The lowest BCUT2D eigenvalue weighted by molar-refractivity contribution is -0.241. The van der Waals surface area contributed by atoms with E-state index >= 15 is 19.2 Å². The van der Waals surface area contributed by atoms with Crippen LogP contribution in [0.25, 0.3) is 11.1 Å². The Morgan fingerprint density at radius 1 is 0.550 bits per heavy atom. The predicted molar refractivity (Wildman–Crippen MR) is 391 cm³/mol. The van der Waals surface area contributed by atoms with Gasteiger partial charge in [0.15, 0.2) is 35.1 Å². The first-order chi connectivity index (χ1) is 52.9. The van der Waals surface area contributed by atoms with Crippen LogP contribution in [-0.2, 0) is 54.3 Å². The lowest BCUT2D eigenvalue weighted by Crippen LogP contribution is -2.66. The number of ether oxygens (including phenoxy) is 5. The molecule has 7 aromatic carbocycles. The van der Waals surface area contributed by atoms with Crippen LogP contribution in [-0.4, -0.2) is 154 Å². The van der Waals surface area contributed by atoms with Gasteiger partial charge in [0.1, 0.15) is 101 Å². The molecular weight excluding hydrogens is 1490 g/mol. The number of amides is 7. The van der Waals surface area contributed by atoms with Gasteiger partial charge in [-0.05, 0) is 120 Å². The maximum absolute atomic E-state index is 16.4. The number of benzene rings is 7. The van der Waals surface area contributed by atoms with Crippen molar-refractivity contribution in [2.24, 2.45) is 5.92 Å². The topological polar surface area (TPSA) is 498 Å². The highest BCUT2D eigenvalue weighted by molar-refractivity contribution is 6.33. The summed E-state index contributed by atoms with van der Waals surface area (Å²) in [7, 11) is 1.43. The van der Waals surface area contributed by atoms with Crippen LogP contribution in [0.15, 0.2) is 115 Å². The van der Waals surface area contributed by atoms with Crippen molar-refractivity contribution in [2.45, 2.75) is 151 Å². The number of carboxylic acids is 2. The number of phenolic OH excluding ortho intramolecular Hbond substituents is 5. The number of aliphatic hydroxyl groups excluding tert-OH is 3. The van der Waals surface area contributed by atoms with Gasteiger partial charge < -0.3 is 117 Å². The summed E-state index contributed by atoms with van der Waals surface area (Å²) in [6.45, 7) is 4.27. The largest absolute Gasteiger partial charge is 0.508 e. The zero-order chi connectivity index (χ0) is 79.5. The minimum Gasteiger partial charge on any atom is -0.508 e. The number of likely N-dealkylation sites (N-methyl/N-ethyl adjacent to an activating group) is 1. The first-order valence-corrected chi connectivity index (χ1v) is 36.1. The maximum Gasteiger partial charge on any atom is 0.335 e. The molecule has 0 spiro atoms. The molecule has 7 aliphatic heterocycles.